The minimum atomic E-state index is -0.400. The van der Waals surface area contributed by atoms with Crippen LogP contribution >= 0.6 is 0 Å². The van der Waals surface area contributed by atoms with Crippen LogP contribution in [-0.2, 0) is 4.79 Å². The van der Waals surface area contributed by atoms with Crippen molar-refractivity contribution in [3.05, 3.63) is 0 Å². The summed E-state index contributed by atoms with van der Waals surface area (Å²) in [5.41, 5.74) is 0. The number of unbranched alkanes of at least 4 members (excludes halogenated alkanes) is 7. The van der Waals surface area contributed by atoms with Crippen LogP contribution in [0.4, 0.5) is 0 Å². The van der Waals surface area contributed by atoms with E-state index in [0.29, 0.717) is 6.42 Å². The molecule has 0 saturated carbocycles. The maximum absolute atomic E-state index is 10.1. The Kier molecular flexibility index (Phi) is 11.4. The second-order valence-corrected chi connectivity index (χ2v) is 4.32. The van der Waals surface area contributed by atoms with Crippen molar-refractivity contribution < 1.29 is 9.90 Å². The minimum absolute atomic E-state index is 0.302. The Labute approximate surface area is 94.1 Å². The standard InChI is InChI=1S/C13H26O2/c1-2-3-4-5-6-7-8-9-10-13(15)11-12-14/h12-13,15H,2-11H2,1H3/t13-/m1/s1. The predicted octanol–water partition coefficient (Wildman–Crippen LogP) is 3.47. The van der Waals surface area contributed by atoms with Crippen LogP contribution in [-0.4, -0.2) is 17.5 Å². The van der Waals surface area contributed by atoms with Crippen molar-refractivity contribution in [3.8, 4) is 0 Å². The summed E-state index contributed by atoms with van der Waals surface area (Å²) in [6.07, 6.45) is 11.7. The highest BCUT2D eigenvalue weighted by atomic mass is 16.3. The van der Waals surface area contributed by atoms with Crippen molar-refractivity contribution in [2.24, 2.45) is 0 Å². The molecule has 0 aromatic rings. The fourth-order valence-corrected chi connectivity index (χ4v) is 1.74. The third kappa shape index (κ3) is 11.6. The average Bonchev–Trinajstić information content (AvgIpc) is 2.22. The Bertz CT molecular complexity index is 134. The molecule has 0 aliphatic carbocycles. The van der Waals surface area contributed by atoms with Gasteiger partial charge in [0.25, 0.3) is 0 Å². The van der Waals surface area contributed by atoms with E-state index in [4.69, 9.17) is 0 Å². The Morgan fingerprint density at radius 1 is 1.00 bits per heavy atom. The molecule has 0 unspecified atom stereocenters. The monoisotopic (exact) mass is 214 g/mol. The van der Waals surface area contributed by atoms with Crippen molar-refractivity contribution >= 4 is 6.29 Å². The van der Waals surface area contributed by atoms with E-state index in [-0.39, 0.29) is 0 Å². The number of carbonyl (C=O) groups is 1. The van der Waals surface area contributed by atoms with Crippen LogP contribution in [0.5, 0.6) is 0 Å². The first-order valence-corrected chi connectivity index (χ1v) is 6.43. The summed E-state index contributed by atoms with van der Waals surface area (Å²) < 4.78 is 0. The Hall–Kier alpha value is -0.370. The number of hydrogen-bond donors (Lipinski definition) is 1. The van der Waals surface area contributed by atoms with E-state index in [0.717, 1.165) is 19.1 Å². The van der Waals surface area contributed by atoms with Crippen molar-refractivity contribution in [2.45, 2.75) is 77.2 Å². The molecule has 0 aliphatic heterocycles. The van der Waals surface area contributed by atoms with Crippen LogP contribution in [0.2, 0.25) is 0 Å². The zero-order valence-electron chi connectivity index (χ0n) is 10.1. The van der Waals surface area contributed by atoms with Crippen LogP contribution in [0.15, 0.2) is 0 Å². The number of hydrogen-bond acceptors (Lipinski definition) is 2. The molecule has 0 spiro atoms. The quantitative estimate of drug-likeness (QED) is 0.422. The highest BCUT2D eigenvalue weighted by Gasteiger charge is 2.01. The first-order chi connectivity index (χ1) is 7.31. The number of aldehydes is 1. The molecule has 1 atom stereocenters. The molecule has 0 rings (SSSR count). The van der Waals surface area contributed by atoms with E-state index in [1.54, 1.807) is 0 Å². The number of rotatable bonds is 11. The highest BCUT2D eigenvalue weighted by Crippen LogP contribution is 2.11. The summed E-state index contributed by atoms with van der Waals surface area (Å²) in [4.78, 5) is 10.1. The van der Waals surface area contributed by atoms with Gasteiger partial charge in [0.1, 0.15) is 6.29 Å². The van der Waals surface area contributed by atoms with Gasteiger partial charge in [-0.15, -0.1) is 0 Å². The summed E-state index contributed by atoms with van der Waals surface area (Å²) in [6.45, 7) is 2.23. The lowest BCUT2D eigenvalue weighted by Gasteiger charge is -2.06. The first-order valence-electron chi connectivity index (χ1n) is 6.43. The third-order valence-electron chi connectivity index (χ3n) is 2.76. The van der Waals surface area contributed by atoms with Gasteiger partial charge in [0.2, 0.25) is 0 Å². The fraction of sp³-hybridized carbons (Fsp3) is 0.923. The van der Waals surface area contributed by atoms with Gasteiger partial charge in [-0.2, -0.15) is 0 Å². The molecule has 0 radical (unpaired) electrons. The van der Waals surface area contributed by atoms with Crippen LogP contribution in [0.25, 0.3) is 0 Å². The highest BCUT2D eigenvalue weighted by molar-refractivity contribution is 5.49. The van der Waals surface area contributed by atoms with Gasteiger partial charge >= 0.3 is 0 Å². The van der Waals surface area contributed by atoms with Gasteiger partial charge in [0.15, 0.2) is 0 Å². The van der Waals surface area contributed by atoms with Gasteiger partial charge in [-0.05, 0) is 6.42 Å². The Balaban J connectivity index is 3.01. The Morgan fingerprint density at radius 3 is 2.07 bits per heavy atom. The second-order valence-electron chi connectivity index (χ2n) is 4.32. The summed E-state index contributed by atoms with van der Waals surface area (Å²) in [7, 11) is 0. The van der Waals surface area contributed by atoms with Crippen molar-refractivity contribution in [2.75, 3.05) is 0 Å². The molecule has 0 bridgehead atoms. The zero-order valence-corrected chi connectivity index (χ0v) is 10.1. The van der Waals surface area contributed by atoms with Crippen molar-refractivity contribution in [3.63, 3.8) is 0 Å². The third-order valence-corrected chi connectivity index (χ3v) is 2.76. The fourth-order valence-electron chi connectivity index (χ4n) is 1.74. The maximum Gasteiger partial charge on any atom is 0.122 e. The predicted molar refractivity (Wildman–Crippen MR) is 63.9 cm³/mol. The first kappa shape index (κ1) is 14.6. The molecule has 0 aromatic carbocycles. The van der Waals surface area contributed by atoms with Crippen molar-refractivity contribution in [1.29, 1.82) is 0 Å². The summed E-state index contributed by atoms with van der Waals surface area (Å²) in [6, 6.07) is 0. The van der Waals surface area contributed by atoms with E-state index in [1.165, 1.54) is 44.9 Å². The molecule has 0 amide bonds. The van der Waals surface area contributed by atoms with E-state index >= 15 is 0 Å². The molecule has 2 heteroatoms. The number of aliphatic hydroxyl groups excluding tert-OH is 1. The molecule has 0 aliphatic rings. The van der Waals surface area contributed by atoms with Gasteiger partial charge in [-0.25, -0.2) is 0 Å². The Morgan fingerprint density at radius 2 is 1.53 bits per heavy atom. The van der Waals surface area contributed by atoms with E-state index in [9.17, 15) is 9.90 Å². The van der Waals surface area contributed by atoms with Gasteiger partial charge in [-0.3, -0.25) is 0 Å². The normalized spacial score (nSPS) is 12.7. The number of carbonyl (C=O) groups excluding carboxylic acids is 1. The zero-order chi connectivity index (χ0) is 11.4. The lowest BCUT2D eigenvalue weighted by molar-refractivity contribution is -0.109. The SMILES string of the molecule is CCCCCCCCCC[C@@H](O)CC=O. The van der Waals surface area contributed by atoms with Crippen LogP contribution < -0.4 is 0 Å². The van der Waals surface area contributed by atoms with Crippen LogP contribution in [0.3, 0.4) is 0 Å². The molecule has 15 heavy (non-hydrogen) atoms. The molecule has 0 heterocycles. The smallest absolute Gasteiger partial charge is 0.122 e. The summed E-state index contributed by atoms with van der Waals surface area (Å²) >= 11 is 0. The van der Waals surface area contributed by atoms with Crippen LogP contribution in [0, 0.1) is 0 Å². The van der Waals surface area contributed by atoms with E-state index < -0.39 is 6.10 Å². The van der Waals surface area contributed by atoms with Gasteiger partial charge in [0, 0.05) is 6.42 Å². The molecule has 0 fully saturated rings. The van der Waals surface area contributed by atoms with Crippen LogP contribution in [0.1, 0.15) is 71.1 Å². The largest absolute Gasteiger partial charge is 0.393 e. The lowest BCUT2D eigenvalue weighted by atomic mass is 10.0. The minimum Gasteiger partial charge on any atom is -0.393 e. The summed E-state index contributed by atoms with van der Waals surface area (Å²) in [5, 5.41) is 9.29. The van der Waals surface area contributed by atoms with E-state index in [1.807, 2.05) is 0 Å². The average molecular weight is 214 g/mol. The van der Waals surface area contributed by atoms with Crippen molar-refractivity contribution in [1.82, 2.24) is 0 Å². The molecule has 2 nitrogen and oxygen atoms in total. The van der Waals surface area contributed by atoms with E-state index in [2.05, 4.69) is 6.92 Å². The molecule has 1 N–H and O–H groups in total. The lowest BCUT2D eigenvalue weighted by Crippen LogP contribution is -2.06. The molecule has 90 valence electrons. The van der Waals surface area contributed by atoms with Gasteiger partial charge in [-0.1, -0.05) is 58.3 Å². The van der Waals surface area contributed by atoms with Gasteiger partial charge < -0.3 is 9.90 Å². The molecular weight excluding hydrogens is 188 g/mol. The second kappa shape index (κ2) is 11.7. The van der Waals surface area contributed by atoms with Gasteiger partial charge in [0.05, 0.1) is 6.10 Å². The number of aliphatic hydroxyl groups is 1. The summed E-state index contributed by atoms with van der Waals surface area (Å²) in [5.74, 6) is 0. The topological polar surface area (TPSA) is 37.3 Å². The molecular formula is C13H26O2. The molecule has 0 saturated heterocycles. The molecule has 0 aromatic heterocycles. The maximum atomic E-state index is 10.1.